The molecule has 0 radical (unpaired) electrons. The molecule has 0 N–H and O–H groups in total. The van der Waals surface area contributed by atoms with Gasteiger partial charge in [0.15, 0.2) is 0 Å². The maximum Gasteiger partial charge on any atom is 0.292 e. The molecule has 0 aliphatic rings. The lowest BCUT2D eigenvalue weighted by molar-refractivity contribution is 0.494. The molecule has 0 bridgehead atoms. The maximum absolute atomic E-state index is 8.61. The lowest BCUT2D eigenvalue weighted by Gasteiger charge is -2.09. The normalized spacial score (nSPS) is 9.33. The first-order chi connectivity index (χ1) is 7.33. The van der Waals surface area contributed by atoms with Crippen LogP contribution < -0.4 is 4.74 Å². The fraction of sp³-hybridized carbons (Fsp3) is 0.308. The standard InChI is InChI=1S/C13H15NO/c1-3-6-11-8-5-9-12(7-4-2)13(11)15-10-14/h3,5,8-9H,1,4,6-7H2,2H3. The van der Waals surface area contributed by atoms with Gasteiger partial charge in [0.2, 0.25) is 0 Å². The Bertz CT molecular complexity index is 377. The first-order valence-corrected chi connectivity index (χ1v) is 5.11. The second kappa shape index (κ2) is 5.87. The van der Waals surface area contributed by atoms with E-state index in [1.165, 1.54) is 0 Å². The lowest BCUT2D eigenvalue weighted by Crippen LogP contribution is -1.96. The third kappa shape index (κ3) is 2.85. The van der Waals surface area contributed by atoms with E-state index >= 15 is 0 Å². The third-order valence-electron chi connectivity index (χ3n) is 2.21. The molecule has 0 aromatic heterocycles. The van der Waals surface area contributed by atoms with Crippen LogP contribution in [-0.4, -0.2) is 0 Å². The molecule has 0 saturated heterocycles. The van der Waals surface area contributed by atoms with Crippen LogP contribution in [0.3, 0.4) is 0 Å². The van der Waals surface area contributed by atoms with E-state index in [2.05, 4.69) is 13.5 Å². The highest BCUT2D eigenvalue weighted by molar-refractivity contribution is 5.43. The van der Waals surface area contributed by atoms with Crippen LogP contribution in [0.2, 0.25) is 0 Å². The first-order valence-electron chi connectivity index (χ1n) is 5.11. The van der Waals surface area contributed by atoms with Crippen molar-refractivity contribution in [1.29, 1.82) is 5.26 Å². The molecule has 1 rings (SSSR count). The van der Waals surface area contributed by atoms with E-state index < -0.39 is 0 Å². The molecule has 0 unspecified atom stereocenters. The molecule has 0 aliphatic carbocycles. The molecule has 78 valence electrons. The summed E-state index contributed by atoms with van der Waals surface area (Å²) < 4.78 is 5.03. The number of hydrogen-bond donors (Lipinski definition) is 0. The minimum Gasteiger partial charge on any atom is -0.387 e. The predicted octanol–water partition coefficient (Wildman–Crippen LogP) is 3.23. The van der Waals surface area contributed by atoms with Crippen molar-refractivity contribution in [2.45, 2.75) is 26.2 Å². The zero-order valence-corrected chi connectivity index (χ0v) is 8.99. The second-order valence-electron chi connectivity index (χ2n) is 3.34. The van der Waals surface area contributed by atoms with Gasteiger partial charge in [-0.1, -0.05) is 37.6 Å². The molecule has 0 aliphatic heterocycles. The molecule has 0 heterocycles. The van der Waals surface area contributed by atoms with Gasteiger partial charge in [0, 0.05) is 0 Å². The van der Waals surface area contributed by atoms with Crippen molar-refractivity contribution in [3.05, 3.63) is 42.0 Å². The summed E-state index contributed by atoms with van der Waals surface area (Å²) in [4.78, 5) is 0. The monoisotopic (exact) mass is 201 g/mol. The fourth-order valence-electron chi connectivity index (χ4n) is 1.60. The summed E-state index contributed by atoms with van der Waals surface area (Å²) in [6.45, 7) is 5.80. The molecular formula is C13H15NO. The van der Waals surface area contributed by atoms with Crippen molar-refractivity contribution in [2.24, 2.45) is 0 Å². The molecule has 15 heavy (non-hydrogen) atoms. The SMILES string of the molecule is C=CCc1cccc(CCC)c1OC#N. The Morgan fingerprint density at radius 1 is 1.47 bits per heavy atom. The molecular weight excluding hydrogens is 186 g/mol. The topological polar surface area (TPSA) is 33.0 Å². The van der Waals surface area contributed by atoms with Gasteiger partial charge in [0.25, 0.3) is 6.26 Å². The summed E-state index contributed by atoms with van der Waals surface area (Å²) in [6, 6.07) is 5.96. The summed E-state index contributed by atoms with van der Waals surface area (Å²) in [5, 5.41) is 8.61. The third-order valence-corrected chi connectivity index (χ3v) is 2.21. The average Bonchev–Trinajstić information content (AvgIpc) is 2.23. The number of nitrogens with zero attached hydrogens (tertiary/aromatic N) is 1. The Morgan fingerprint density at radius 2 is 2.20 bits per heavy atom. The van der Waals surface area contributed by atoms with Crippen molar-refractivity contribution in [3.8, 4) is 12.0 Å². The van der Waals surface area contributed by atoms with Gasteiger partial charge in [0.1, 0.15) is 5.75 Å². The maximum atomic E-state index is 8.61. The zero-order valence-electron chi connectivity index (χ0n) is 8.99. The van der Waals surface area contributed by atoms with E-state index in [0.717, 1.165) is 30.4 Å². The summed E-state index contributed by atoms with van der Waals surface area (Å²) in [5.74, 6) is 0.710. The van der Waals surface area contributed by atoms with E-state index in [9.17, 15) is 0 Å². The fourth-order valence-corrected chi connectivity index (χ4v) is 1.60. The number of hydrogen-bond acceptors (Lipinski definition) is 2. The van der Waals surface area contributed by atoms with E-state index in [1.807, 2.05) is 24.3 Å². The molecule has 0 amide bonds. The number of allylic oxidation sites excluding steroid dienone is 1. The Kier molecular flexibility index (Phi) is 4.43. The van der Waals surface area contributed by atoms with E-state index in [4.69, 9.17) is 10.00 Å². The van der Waals surface area contributed by atoms with E-state index in [1.54, 1.807) is 6.26 Å². The van der Waals surface area contributed by atoms with Crippen molar-refractivity contribution in [1.82, 2.24) is 0 Å². The molecule has 0 atom stereocenters. The summed E-state index contributed by atoms with van der Waals surface area (Å²) in [5.41, 5.74) is 2.12. The molecule has 0 fully saturated rings. The van der Waals surface area contributed by atoms with Crippen molar-refractivity contribution in [3.63, 3.8) is 0 Å². The molecule has 1 aromatic carbocycles. The highest BCUT2D eigenvalue weighted by Gasteiger charge is 2.08. The number of aryl methyl sites for hydroxylation is 1. The number of ether oxygens (including phenoxy) is 1. The number of benzene rings is 1. The van der Waals surface area contributed by atoms with Crippen LogP contribution in [0.25, 0.3) is 0 Å². The smallest absolute Gasteiger partial charge is 0.292 e. The molecule has 0 saturated carbocycles. The molecule has 0 spiro atoms. The van der Waals surface area contributed by atoms with E-state index in [0.29, 0.717) is 5.75 Å². The van der Waals surface area contributed by atoms with Gasteiger partial charge in [-0.15, -0.1) is 11.8 Å². The minimum absolute atomic E-state index is 0.710. The highest BCUT2D eigenvalue weighted by atomic mass is 16.5. The van der Waals surface area contributed by atoms with Crippen LogP contribution in [0.4, 0.5) is 0 Å². The van der Waals surface area contributed by atoms with Gasteiger partial charge in [-0.3, -0.25) is 0 Å². The van der Waals surface area contributed by atoms with E-state index in [-0.39, 0.29) is 0 Å². The van der Waals surface area contributed by atoms with Gasteiger partial charge >= 0.3 is 0 Å². The van der Waals surface area contributed by atoms with Crippen molar-refractivity contribution in [2.75, 3.05) is 0 Å². The average molecular weight is 201 g/mol. The Balaban J connectivity index is 3.09. The number of rotatable bonds is 5. The summed E-state index contributed by atoms with van der Waals surface area (Å²) in [7, 11) is 0. The summed E-state index contributed by atoms with van der Waals surface area (Å²) >= 11 is 0. The Morgan fingerprint density at radius 3 is 2.80 bits per heavy atom. The van der Waals surface area contributed by atoms with Crippen molar-refractivity contribution >= 4 is 0 Å². The molecule has 1 aromatic rings. The van der Waals surface area contributed by atoms with Crippen LogP contribution in [0.1, 0.15) is 24.5 Å². The first kappa shape index (κ1) is 11.3. The quantitative estimate of drug-likeness (QED) is 0.541. The van der Waals surface area contributed by atoms with Gasteiger partial charge < -0.3 is 4.74 Å². The van der Waals surface area contributed by atoms with Gasteiger partial charge in [0.05, 0.1) is 0 Å². The van der Waals surface area contributed by atoms with Crippen LogP contribution in [0.15, 0.2) is 30.9 Å². The van der Waals surface area contributed by atoms with Gasteiger partial charge in [-0.25, -0.2) is 0 Å². The second-order valence-corrected chi connectivity index (χ2v) is 3.34. The summed E-state index contributed by atoms with van der Waals surface area (Å²) in [6.07, 6.45) is 6.27. The highest BCUT2D eigenvalue weighted by Crippen LogP contribution is 2.25. The van der Waals surface area contributed by atoms with Crippen LogP contribution in [-0.2, 0) is 12.8 Å². The van der Waals surface area contributed by atoms with Gasteiger partial charge in [-0.2, -0.15) is 0 Å². The predicted molar refractivity (Wildman–Crippen MR) is 60.6 cm³/mol. The van der Waals surface area contributed by atoms with Crippen LogP contribution in [0, 0.1) is 11.5 Å². The Hall–Kier alpha value is -1.75. The minimum atomic E-state index is 0.710. The molecule has 2 heteroatoms. The van der Waals surface area contributed by atoms with Crippen LogP contribution >= 0.6 is 0 Å². The molecule has 2 nitrogen and oxygen atoms in total. The largest absolute Gasteiger partial charge is 0.387 e. The Labute approximate surface area is 90.8 Å². The number of para-hydroxylation sites is 1. The van der Waals surface area contributed by atoms with Gasteiger partial charge in [-0.05, 0) is 24.0 Å². The van der Waals surface area contributed by atoms with Crippen LogP contribution in [0.5, 0.6) is 5.75 Å². The van der Waals surface area contributed by atoms with Crippen molar-refractivity contribution < 1.29 is 4.74 Å². The lowest BCUT2D eigenvalue weighted by atomic mass is 10.0. The number of nitriles is 1. The zero-order chi connectivity index (χ0) is 11.1.